The van der Waals surface area contributed by atoms with E-state index in [4.69, 9.17) is 5.11 Å². The Kier molecular flexibility index (Phi) is 6.94. The van der Waals surface area contributed by atoms with Crippen LogP contribution in [-0.4, -0.2) is 23.0 Å². The molecular weight excluding hydrogens is 272 g/mol. The highest BCUT2D eigenvalue weighted by Gasteiger charge is 2.09. The van der Waals surface area contributed by atoms with Crippen molar-refractivity contribution in [3.8, 4) is 0 Å². The molecule has 0 aliphatic heterocycles. The molecule has 6 nitrogen and oxygen atoms in total. The smallest absolute Gasteiger partial charge is 0.321 e. The molecule has 21 heavy (non-hydrogen) atoms. The van der Waals surface area contributed by atoms with E-state index in [1.165, 1.54) is 0 Å². The van der Waals surface area contributed by atoms with Crippen molar-refractivity contribution in [3.05, 3.63) is 35.4 Å². The van der Waals surface area contributed by atoms with Crippen LogP contribution in [0.1, 0.15) is 37.3 Å². The van der Waals surface area contributed by atoms with Crippen LogP contribution < -0.4 is 10.6 Å². The highest BCUT2D eigenvalue weighted by molar-refractivity contribution is 5.94. The summed E-state index contributed by atoms with van der Waals surface area (Å²) >= 11 is 0. The van der Waals surface area contributed by atoms with E-state index in [1.807, 2.05) is 31.2 Å². The summed E-state index contributed by atoms with van der Waals surface area (Å²) in [5, 5.41) is 13.3. The third kappa shape index (κ3) is 6.56. The minimum atomic E-state index is -0.955. The third-order valence-corrected chi connectivity index (χ3v) is 2.99. The van der Waals surface area contributed by atoms with Crippen LogP contribution in [0.3, 0.4) is 0 Å². The van der Waals surface area contributed by atoms with Gasteiger partial charge < -0.3 is 10.4 Å². The summed E-state index contributed by atoms with van der Waals surface area (Å²) in [6, 6.07) is 7.18. The number of hydrogen-bond donors (Lipinski definition) is 3. The highest BCUT2D eigenvalue weighted by Crippen LogP contribution is 2.08. The second-order valence-electron chi connectivity index (χ2n) is 4.60. The number of amides is 3. The molecule has 0 aromatic heterocycles. The summed E-state index contributed by atoms with van der Waals surface area (Å²) < 4.78 is 0. The molecule has 114 valence electrons. The third-order valence-electron chi connectivity index (χ3n) is 2.99. The first kappa shape index (κ1) is 16.7. The van der Waals surface area contributed by atoms with Crippen molar-refractivity contribution >= 4 is 17.9 Å². The molecule has 0 radical (unpaired) electrons. The van der Waals surface area contributed by atoms with E-state index >= 15 is 0 Å². The summed E-state index contributed by atoms with van der Waals surface area (Å²) in [4.78, 5) is 33.3. The van der Waals surface area contributed by atoms with Gasteiger partial charge in [0.15, 0.2) is 0 Å². The number of rotatable bonds is 7. The summed E-state index contributed by atoms with van der Waals surface area (Å²) in [6.45, 7) is 2.38. The molecule has 0 spiro atoms. The maximum Gasteiger partial charge on any atom is 0.321 e. The van der Waals surface area contributed by atoms with Crippen LogP contribution in [0, 0.1) is 0 Å². The van der Waals surface area contributed by atoms with Gasteiger partial charge in [-0.1, -0.05) is 31.2 Å². The van der Waals surface area contributed by atoms with E-state index in [0.29, 0.717) is 6.54 Å². The molecule has 6 heteroatoms. The number of imide groups is 1. The van der Waals surface area contributed by atoms with Gasteiger partial charge in [0.05, 0.1) is 0 Å². The zero-order valence-corrected chi connectivity index (χ0v) is 12.0. The molecule has 0 fully saturated rings. The molecular formula is C15H20N2O4. The predicted molar refractivity (Wildman–Crippen MR) is 77.7 cm³/mol. The number of carboxylic acids is 1. The van der Waals surface area contributed by atoms with Crippen molar-refractivity contribution in [1.82, 2.24) is 10.6 Å². The SMILES string of the molecule is CCc1ccccc1CNC(=O)NC(=O)CCCC(=O)O. The number of carboxylic acid groups (broad SMARTS) is 1. The van der Waals surface area contributed by atoms with Crippen molar-refractivity contribution in [3.63, 3.8) is 0 Å². The van der Waals surface area contributed by atoms with Crippen molar-refractivity contribution in [2.45, 2.75) is 39.2 Å². The van der Waals surface area contributed by atoms with Gasteiger partial charge in [-0.2, -0.15) is 0 Å². The molecule has 3 N–H and O–H groups in total. The van der Waals surface area contributed by atoms with Gasteiger partial charge in [-0.05, 0) is 24.0 Å². The average molecular weight is 292 g/mol. The Bertz CT molecular complexity index is 514. The van der Waals surface area contributed by atoms with Crippen LogP contribution in [0.5, 0.6) is 0 Å². The normalized spacial score (nSPS) is 9.95. The molecule has 1 aromatic carbocycles. The molecule has 0 saturated heterocycles. The summed E-state index contributed by atoms with van der Waals surface area (Å²) in [5.74, 6) is -1.43. The fraction of sp³-hybridized carbons (Fsp3) is 0.400. The van der Waals surface area contributed by atoms with Crippen molar-refractivity contribution < 1.29 is 19.5 Å². The second-order valence-corrected chi connectivity index (χ2v) is 4.60. The van der Waals surface area contributed by atoms with Crippen molar-refractivity contribution in [2.24, 2.45) is 0 Å². The molecule has 3 amide bonds. The minimum Gasteiger partial charge on any atom is -0.481 e. The Morgan fingerprint density at radius 1 is 1.10 bits per heavy atom. The van der Waals surface area contributed by atoms with Gasteiger partial charge in [-0.15, -0.1) is 0 Å². The fourth-order valence-corrected chi connectivity index (χ4v) is 1.88. The van der Waals surface area contributed by atoms with E-state index < -0.39 is 17.9 Å². The molecule has 0 aliphatic rings. The summed E-state index contributed by atoms with van der Waals surface area (Å²) in [7, 11) is 0. The van der Waals surface area contributed by atoms with Crippen molar-refractivity contribution in [2.75, 3.05) is 0 Å². The molecule has 1 rings (SSSR count). The topological polar surface area (TPSA) is 95.5 Å². The lowest BCUT2D eigenvalue weighted by Crippen LogP contribution is -2.39. The fourth-order valence-electron chi connectivity index (χ4n) is 1.88. The first-order valence-corrected chi connectivity index (χ1v) is 6.89. The van der Waals surface area contributed by atoms with Gasteiger partial charge in [-0.3, -0.25) is 14.9 Å². The standard InChI is InChI=1S/C15H20N2O4/c1-2-11-6-3-4-7-12(11)10-16-15(21)17-13(18)8-5-9-14(19)20/h3-4,6-7H,2,5,8-10H2,1H3,(H,19,20)(H2,16,17,18,21). The van der Waals surface area contributed by atoms with Crippen LogP contribution in [0.25, 0.3) is 0 Å². The van der Waals surface area contributed by atoms with Crippen LogP contribution in [0.4, 0.5) is 4.79 Å². The largest absolute Gasteiger partial charge is 0.481 e. The summed E-state index contributed by atoms with van der Waals surface area (Å²) in [6.07, 6.45) is 1.02. The highest BCUT2D eigenvalue weighted by atomic mass is 16.4. The second kappa shape index (κ2) is 8.73. The van der Waals surface area contributed by atoms with Crippen molar-refractivity contribution in [1.29, 1.82) is 0 Å². The van der Waals surface area contributed by atoms with Crippen LogP contribution in [0.2, 0.25) is 0 Å². The number of urea groups is 1. The van der Waals surface area contributed by atoms with E-state index in [-0.39, 0.29) is 19.3 Å². The Balaban J connectivity index is 2.33. The van der Waals surface area contributed by atoms with Crippen LogP contribution in [-0.2, 0) is 22.6 Å². The Hall–Kier alpha value is -2.37. The maximum absolute atomic E-state index is 11.6. The van der Waals surface area contributed by atoms with E-state index in [9.17, 15) is 14.4 Å². The summed E-state index contributed by atoms with van der Waals surface area (Å²) in [5.41, 5.74) is 2.15. The average Bonchev–Trinajstić information content (AvgIpc) is 2.45. The first-order chi connectivity index (χ1) is 10.0. The molecule has 0 saturated carbocycles. The number of carbonyl (C=O) groups excluding carboxylic acids is 2. The zero-order valence-electron chi connectivity index (χ0n) is 12.0. The molecule has 1 aromatic rings. The number of aryl methyl sites for hydroxylation is 1. The number of benzene rings is 1. The zero-order chi connectivity index (χ0) is 15.7. The quantitative estimate of drug-likeness (QED) is 0.714. The predicted octanol–water partition coefficient (Wildman–Crippen LogP) is 1.83. The maximum atomic E-state index is 11.6. The van der Waals surface area contributed by atoms with Gasteiger partial charge in [0.25, 0.3) is 0 Å². The molecule has 0 aliphatic carbocycles. The lowest BCUT2D eigenvalue weighted by atomic mass is 10.1. The molecule has 0 unspecified atom stereocenters. The van der Waals surface area contributed by atoms with E-state index in [2.05, 4.69) is 10.6 Å². The minimum absolute atomic E-state index is 0.0191. The lowest BCUT2D eigenvalue weighted by molar-refractivity contribution is -0.137. The number of nitrogens with one attached hydrogen (secondary N) is 2. The first-order valence-electron chi connectivity index (χ1n) is 6.89. The monoisotopic (exact) mass is 292 g/mol. The Morgan fingerprint density at radius 3 is 2.38 bits per heavy atom. The Morgan fingerprint density at radius 2 is 1.76 bits per heavy atom. The van der Waals surface area contributed by atoms with Gasteiger partial charge in [-0.25, -0.2) is 4.79 Å². The Labute approximate surface area is 123 Å². The number of aliphatic carboxylic acids is 1. The van der Waals surface area contributed by atoms with Gasteiger partial charge in [0, 0.05) is 19.4 Å². The van der Waals surface area contributed by atoms with E-state index in [0.717, 1.165) is 17.5 Å². The number of hydrogen-bond acceptors (Lipinski definition) is 3. The molecule has 0 heterocycles. The van der Waals surface area contributed by atoms with Gasteiger partial charge >= 0.3 is 12.0 Å². The van der Waals surface area contributed by atoms with Gasteiger partial charge in [0.1, 0.15) is 0 Å². The molecule has 0 bridgehead atoms. The number of carbonyl (C=O) groups is 3. The molecule has 0 atom stereocenters. The van der Waals surface area contributed by atoms with Crippen LogP contribution >= 0.6 is 0 Å². The van der Waals surface area contributed by atoms with E-state index in [1.54, 1.807) is 0 Å². The lowest BCUT2D eigenvalue weighted by Gasteiger charge is -2.09. The van der Waals surface area contributed by atoms with Crippen LogP contribution in [0.15, 0.2) is 24.3 Å². The van der Waals surface area contributed by atoms with Gasteiger partial charge in [0.2, 0.25) is 5.91 Å².